The predicted molar refractivity (Wildman–Crippen MR) is 80.4 cm³/mol. The fraction of sp³-hybridized carbons (Fsp3) is 0.188. The van der Waals surface area contributed by atoms with Gasteiger partial charge < -0.3 is 9.47 Å². The normalized spacial score (nSPS) is 10.4. The van der Waals surface area contributed by atoms with E-state index in [1.807, 2.05) is 24.3 Å². The first-order valence-electron chi connectivity index (χ1n) is 6.29. The minimum atomic E-state index is -0.687. The van der Waals surface area contributed by atoms with Gasteiger partial charge in [0.05, 0.1) is 25.9 Å². The van der Waals surface area contributed by atoms with Crippen LogP contribution >= 0.6 is 15.9 Å². The van der Waals surface area contributed by atoms with Crippen molar-refractivity contribution in [3.05, 3.63) is 69.4 Å². The van der Waals surface area contributed by atoms with Crippen LogP contribution in [-0.2, 0) is 22.7 Å². The van der Waals surface area contributed by atoms with Crippen molar-refractivity contribution in [3.8, 4) is 0 Å². The van der Waals surface area contributed by atoms with Crippen molar-refractivity contribution in [2.24, 2.45) is 0 Å². The maximum absolute atomic E-state index is 13.7. The van der Waals surface area contributed by atoms with Crippen LogP contribution in [0.3, 0.4) is 0 Å². The number of hydrogen-bond donors (Lipinski definition) is 0. The topological polar surface area (TPSA) is 35.5 Å². The summed E-state index contributed by atoms with van der Waals surface area (Å²) in [6.07, 6.45) is 0. The van der Waals surface area contributed by atoms with Crippen molar-refractivity contribution in [2.75, 3.05) is 7.11 Å². The van der Waals surface area contributed by atoms with E-state index < -0.39 is 11.8 Å². The minimum Gasteiger partial charge on any atom is -0.465 e. The molecule has 0 radical (unpaired) electrons. The number of halogens is 2. The first kappa shape index (κ1) is 15.7. The molecule has 0 spiro atoms. The number of rotatable bonds is 5. The standard InChI is InChI=1S/C16H14BrFO3/c1-20-16(19)13-7-6-11(8-15(13)18)9-21-10-12-4-2-3-5-14(12)17/h2-8H,9-10H2,1H3. The van der Waals surface area contributed by atoms with Gasteiger partial charge in [-0.1, -0.05) is 40.2 Å². The quantitative estimate of drug-likeness (QED) is 0.760. The molecule has 0 saturated carbocycles. The lowest BCUT2D eigenvalue weighted by Crippen LogP contribution is -2.05. The third-order valence-corrected chi connectivity index (χ3v) is 3.70. The van der Waals surface area contributed by atoms with E-state index in [1.165, 1.54) is 19.2 Å². The fourth-order valence-electron chi connectivity index (χ4n) is 1.82. The van der Waals surface area contributed by atoms with Gasteiger partial charge in [0.25, 0.3) is 0 Å². The van der Waals surface area contributed by atoms with E-state index >= 15 is 0 Å². The van der Waals surface area contributed by atoms with Gasteiger partial charge in [0, 0.05) is 4.47 Å². The highest BCUT2D eigenvalue weighted by Crippen LogP contribution is 2.18. The molecule has 0 bridgehead atoms. The predicted octanol–water partition coefficient (Wildman–Crippen LogP) is 4.09. The molecular weight excluding hydrogens is 339 g/mol. The second kappa shape index (κ2) is 7.33. The van der Waals surface area contributed by atoms with E-state index in [0.29, 0.717) is 12.2 Å². The van der Waals surface area contributed by atoms with Crippen molar-refractivity contribution < 1.29 is 18.7 Å². The second-order valence-corrected chi connectivity index (χ2v) is 5.24. The smallest absolute Gasteiger partial charge is 0.340 e. The summed E-state index contributed by atoms with van der Waals surface area (Å²) in [5.41, 5.74) is 1.60. The van der Waals surface area contributed by atoms with Gasteiger partial charge in [0.2, 0.25) is 0 Å². The third-order valence-electron chi connectivity index (χ3n) is 2.92. The van der Waals surface area contributed by atoms with Gasteiger partial charge in [0.15, 0.2) is 0 Å². The number of hydrogen-bond acceptors (Lipinski definition) is 3. The van der Waals surface area contributed by atoms with Crippen LogP contribution < -0.4 is 0 Å². The van der Waals surface area contributed by atoms with Crippen molar-refractivity contribution in [2.45, 2.75) is 13.2 Å². The van der Waals surface area contributed by atoms with Gasteiger partial charge in [-0.2, -0.15) is 0 Å². The van der Waals surface area contributed by atoms with Crippen LogP contribution in [0.2, 0.25) is 0 Å². The van der Waals surface area contributed by atoms with Crippen LogP contribution in [0.1, 0.15) is 21.5 Å². The molecule has 2 aromatic rings. The molecule has 0 heterocycles. The van der Waals surface area contributed by atoms with Gasteiger partial charge in [-0.25, -0.2) is 9.18 Å². The number of esters is 1. The Morgan fingerprint density at radius 2 is 1.95 bits per heavy atom. The number of carbonyl (C=O) groups is 1. The maximum Gasteiger partial charge on any atom is 0.340 e. The second-order valence-electron chi connectivity index (χ2n) is 4.39. The van der Waals surface area contributed by atoms with Gasteiger partial charge in [0.1, 0.15) is 5.82 Å². The molecule has 0 fully saturated rings. The lowest BCUT2D eigenvalue weighted by Gasteiger charge is -2.08. The molecule has 0 unspecified atom stereocenters. The summed E-state index contributed by atoms with van der Waals surface area (Å²) in [6.45, 7) is 0.682. The van der Waals surface area contributed by atoms with Crippen molar-refractivity contribution in [1.82, 2.24) is 0 Å². The number of methoxy groups -OCH3 is 1. The Morgan fingerprint density at radius 1 is 1.19 bits per heavy atom. The number of carbonyl (C=O) groups excluding carboxylic acids is 1. The Labute approximate surface area is 130 Å². The Bertz CT molecular complexity index is 643. The van der Waals surface area contributed by atoms with Crippen LogP contribution in [0.15, 0.2) is 46.9 Å². The summed E-state index contributed by atoms with van der Waals surface area (Å²) in [7, 11) is 1.22. The summed E-state index contributed by atoms with van der Waals surface area (Å²) < 4.78 is 24.8. The van der Waals surface area contributed by atoms with E-state index in [1.54, 1.807) is 6.07 Å². The number of ether oxygens (including phenoxy) is 2. The Balaban J connectivity index is 1.97. The van der Waals surface area contributed by atoms with Gasteiger partial charge in [-0.15, -0.1) is 0 Å². The van der Waals surface area contributed by atoms with Crippen molar-refractivity contribution in [3.63, 3.8) is 0 Å². The minimum absolute atomic E-state index is 0.0768. The van der Waals surface area contributed by atoms with E-state index in [9.17, 15) is 9.18 Å². The summed E-state index contributed by atoms with van der Waals surface area (Å²) in [4.78, 5) is 11.3. The Kier molecular flexibility index (Phi) is 5.47. The summed E-state index contributed by atoms with van der Waals surface area (Å²) in [5.74, 6) is -1.29. The lowest BCUT2D eigenvalue weighted by molar-refractivity contribution is 0.0595. The first-order valence-corrected chi connectivity index (χ1v) is 7.09. The molecule has 21 heavy (non-hydrogen) atoms. The maximum atomic E-state index is 13.7. The zero-order valence-corrected chi connectivity index (χ0v) is 13.0. The van der Waals surface area contributed by atoms with E-state index in [4.69, 9.17) is 4.74 Å². The van der Waals surface area contributed by atoms with Crippen molar-refractivity contribution >= 4 is 21.9 Å². The molecular formula is C16H14BrFO3. The highest BCUT2D eigenvalue weighted by Gasteiger charge is 2.12. The molecule has 0 aliphatic heterocycles. The third kappa shape index (κ3) is 4.12. The molecule has 0 aromatic heterocycles. The largest absolute Gasteiger partial charge is 0.465 e. The highest BCUT2D eigenvalue weighted by atomic mass is 79.9. The lowest BCUT2D eigenvalue weighted by atomic mass is 10.1. The molecule has 0 saturated heterocycles. The zero-order valence-electron chi connectivity index (χ0n) is 11.4. The van der Waals surface area contributed by atoms with Crippen LogP contribution in [-0.4, -0.2) is 13.1 Å². The molecule has 2 rings (SSSR count). The van der Waals surface area contributed by atoms with Crippen LogP contribution in [0.4, 0.5) is 4.39 Å². The van der Waals surface area contributed by atoms with Crippen LogP contribution in [0.25, 0.3) is 0 Å². The van der Waals surface area contributed by atoms with Gasteiger partial charge in [-0.3, -0.25) is 0 Å². The van der Waals surface area contributed by atoms with Crippen LogP contribution in [0.5, 0.6) is 0 Å². The average molecular weight is 353 g/mol. The Hall–Kier alpha value is -1.72. The van der Waals surface area contributed by atoms with E-state index in [0.717, 1.165) is 10.0 Å². The molecule has 110 valence electrons. The molecule has 0 atom stereocenters. The zero-order chi connectivity index (χ0) is 15.2. The molecule has 2 aromatic carbocycles. The molecule has 5 heteroatoms. The average Bonchev–Trinajstić information content (AvgIpc) is 2.48. The summed E-state index contributed by atoms with van der Waals surface area (Å²) in [5, 5.41) is 0. The molecule has 0 N–H and O–H groups in total. The molecule has 0 aliphatic carbocycles. The number of benzene rings is 2. The molecule has 3 nitrogen and oxygen atoms in total. The summed E-state index contributed by atoms with van der Waals surface area (Å²) >= 11 is 3.44. The van der Waals surface area contributed by atoms with Crippen molar-refractivity contribution in [1.29, 1.82) is 0 Å². The molecule has 0 aliphatic rings. The Morgan fingerprint density at radius 3 is 2.62 bits per heavy atom. The summed E-state index contributed by atoms with van der Waals surface area (Å²) in [6, 6.07) is 12.1. The highest BCUT2D eigenvalue weighted by molar-refractivity contribution is 9.10. The SMILES string of the molecule is COC(=O)c1ccc(COCc2ccccc2Br)cc1F. The molecule has 0 amide bonds. The van der Waals surface area contributed by atoms with E-state index in [-0.39, 0.29) is 12.2 Å². The van der Waals surface area contributed by atoms with Gasteiger partial charge >= 0.3 is 5.97 Å². The fourth-order valence-corrected chi connectivity index (χ4v) is 2.22. The van der Waals surface area contributed by atoms with Gasteiger partial charge in [-0.05, 0) is 29.3 Å². The first-order chi connectivity index (χ1) is 10.1. The monoisotopic (exact) mass is 352 g/mol. The van der Waals surface area contributed by atoms with E-state index in [2.05, 4.69) is 20.7 Å². The van der Waals surface area contributed by atoms with Crippen LogP contribution in [0, 0.1) is 5.82 Å².